The van der Waals surface area contributed by atoms with Crippen LogP contribution in [0.5, 0.6) is 5.75 Å². The molecule has 0 radical (unpaired) electrons. The lowest BCUT2D eigenvalue weighted by Crippen LogP contribution is -2.36. The van der Waals surface area contributed by atoms with E-state index in [0.717, 1.165) is 27.4 Å². The number of methoxy groups -OCH3 is 1. The number of nitrogens with zero attached hydrogens (tertiary/aromatic N) is 1. The molecular weight excluding hydrogens is 349 g/mol. The minimum Gasteiger partial charge on any atom is -0.497 e. The van der Waals surface area contributed by atoms with E-state index in [4.69, 9.17) is 4.74 Å². The minimum absolute atomic E-state index is 0.0343. The fourth-order valence-corrected chi connectivity index (χ4v) is 2.52. The summed E-state index contributed by atoms with van der Waals surface area (Å²) >= 11 is 2.94. The molecule has 0 bridgehead atoms. The second-order valence-electron chi connectivity index (χ2n) is 4.66. The third kappa shape index (κ3) is 3.20. The van der Waals surface area contributed by atoms with Crippen molar-refractivity contribution in [2.45, 2.75) is 6.54 Å². The van der Waals surface area contributed by atoms with Gasteiger partial charge in [-0.1, -0.05) is 15.9 Å². The summed E-state index contributed by atoms with van der Waals surface area (Å²) in [7, 11) is 1.61. The lowest BCUT2D eigenvalue weighted by atomic mass is 10.1. The molecule has 1 aromatic heterocycles. The van der Waals surface area contributed by atoms with Gasteiger partial charge in [-0.25, -0.2) is 4.39 Å². The zero-order chi connectivity index (χ0) is 16.1. The normalized spacial score (nSPS) is 10.4. The van der Waals surface area contributed by atoms with Crippen LogP contribution in [0.25, 0.3) is 21.7 Å². The molecule has 1 N–H and O–H groups in total. The van der Waals surface area contributed by atoms with Gasteiger partial charge in [0, 0.05) is 11.5 Å². The van der Waals surface area contributed by atoms with Crippen LogP contribution in [0.2, 0.25) is 0 Å². The van der Waals surface area contributed by atoms with Crippen molar-refractivity contribution in [3.05, 3.63) is 48.4 Å². The molecule has 1 heterocycles. The van der Waals surface area contributed by atoms with Crippen molar-refractivity contribution >= 4 is 37.6 Å². The summed E-state index contributed by atoms with van der Waals surface area (Å²) in [6, 6.07) is 10.4. The van der Waals surface area contributed by atoms with Crippen molar-refractivity contribution in [2.75, 3.05) is 19.5 Å². The van der Waals surface area contributed by atoms with Crippen LogP contribution in [0.1, 0.15) is 0 Å². The smallest absolute Gasteiger partial charge is 0.213 e. The van der Waals surface area contributed by atoms with Crippen molar-refractivity contribution in [2.24, 2.45) is 0 Å². The average molecular weight is 367 g/mol. The number of pyridine rings is 1. The van der Waals surface area contributed by atoms with Gasteiger partial charge in [0.1, 0.15) is 18.2 Å². The van der Waals surface area contributed by atoms with Crippen LogP contribution < -0.4 is 9.30 Å². The maximum absolute atomic E-state index is 13.5. The highest BCUT2D eigenvalue weighted by atomic mass is 79.9. The zero-order valence-electron chi connectivity index (χ0n) is 12.5. The van der Waals surface area contributed by atoms with Crippen LogP contribution >= 0.6 is 15.9 Å². The number of aromatic nitrogens is 1. The van der Waals surface area contributed by atoms with Crippen LogP contribution in [0.15, 0.2) is 42.6 Å². The minimum atomic E-state index is -0.267. The Kier molecular flexibility index (Phi) is 5.69. The third-order valence-corrected chi connectivity index (χ3v) is 3.45. The molecule has 3 nitrogen and oxygen atoms in total. The first kappa shape index (κ1) is 16.6. The number of hydrogen-bond donors (Lipinski definition) is 1. The number of aliphatic hydroxyl groups is 1. The summed E-state index contributed by atoms with van der Waals surface area (Å²) in [4.78, 5) is 0. The number of benzene rings is 2. The van der Waals surface area contributed by atoms with E-state index < -0.39 is 0 Å². The predicted molar refractivity (Wildman–Crippen MR) is 90.1 cm³/mol. The monoisotopic (exact) mass is 366 g/mol. The molecule has 0 amide bonds. The summed E-state index contributed by atoms with van der Waals surface area (Å²) in [5.74, 6) is 2.30. The first-order chi connectivity index (χ1) is 10.7. The number of hydrogen-bond acceptors (Lipinski definition) is 2. The Morgan fingerprint density at radius 2 is 1.91 bits per heavy atom. The van der Waals surface area contributed by atoms with E-state index in [1.807, 2.05) is 34.8 Å². The SMILES string of the molecule is CBr.COc1ccc2c(c1)c[n+](CCO)c1ccc(F)cc21. The van der Waals surface area contributed by atoms with Crippen molar-refractivity contribution in [3.63, 3.8) is 0 Å². The Morgan fingerprint density at radius 1 is 1.14 bits per heavy atom. The van der Waals surface area contributed by atoms with Crippen molar-refractivity contribution in [1.29, 1.82) is 0 Å². The first-order valence-corrected chi connectivity index (χ1v) is 8.39. The maximum Gasteiger partial charge on any atom is 0.213 e. The van der Waals surface area contributed by atoms with Crippen molar-refractivity contribution in [1.82, 2.24) is 0 Å². The van der Waals surface area contributed by atoms with E-state index in [2.05, 4.69) is 15.9 Å². The predicted octanol–water partition coefficient (Wildman–Crippen LogP) is 3.43. The molecule has 0 fully saturated rings. The Bertz CT molecular complexity index is 792. The quantitative estimate of drug-likeness (QED) is 0.437. The van der Waals surface area contributed by atoms with Gasteiger partial charge in [-0.15, -0.1) is 0 Å². The Balaban J connectivity index is 0.000000847. The summed E-state index contributed by atoms with van der Waals surface area (Å²) in [5, 5.41) is 11.9. The molecule has 0 aliphatic rings. The highest BCUT2D eigenvalue weighted by Crippen LogP contribution is 2.26. The summed E-state index contributed by atoms with van der Waals surface area (Å²) < 4.78 is 20.7. The van der Waals surface area contributed by atoms with Crippen LogP contribution in [-0.4, -0.2) is 24.7 Å². The van der Waals surface area contributed by atoms with Gasteiger partial charge in [-0.2, -0.15) is 4.57 Å². The second-order valence-corrected chi connectivity index (χ2v) is 4.66. The Hall–Kier alpha value is -1.72. The first-order valence-electron chi connectivity index (χ1n) is 6.81. The van der Waals surface area contributed by atoms with E-state index in [1.54, 1.807) is 13.2 Å². The molecule has 2 aromatic carbocycles. The van der Waals surface area contributed by atoms with Crippen LogP contribution in [-0.2, 0) is 6.54 Å². The lowest BCUT2D eigenvalue weighted by Gasteiger charge is -2.06. The number of ether oxygens (including phenoxy) is 1. The summed E-state index contributed by atoms with van der Waals surface area (Å²) in [6.07, 6.45) is 1.95. The topological polar surface area (TPSA) is 33.3 Å². The molecule has 0 atom stereocenters. The molecule has 0 aliphatic heterocycles. The van der Waals surface area contributed by atoms with Crippen LogP contribution in [0, 0.1) is 5.82 Å². The standard InChI is InChI=1S/C16H15FNO2.CH3Br/c1-20-13-3-4-14-11(8-13)10-18(6-7-19)16-5-2-12(17)9-15(14)16;1-2/h2-5,8-10,19H,6-7H2,1H3;1H3/q+1;. The molecular formula is C17H18BrFNO2+. The van der Waals surface area contributed by atoms with E-state index >= 15 is 0 Å². The van der Waals surface area contributed by atoms with E-state index in [1.165, 1.54) is 12.1 Å². The molecule has 3 aromatic rings. The summed E-state index contributed by atoms with van der Waals surface area (Å²) in [6.45, 7) is 0.502. The number of aliphatic hydroxyl groups excluding tert-OH is 1. The maximum atomic E-state index is 13.5. The summed E-state index contributed by atoms with van der Waals surface area (Å²) in [5.41, 5.74) is 0.901. The number of alkyl halides is 1. The molecule has 0 saturated heterocycles. The highest BCUT2D eigenvalue weighted by molar-refractivity contribution is 9.08. The van der Waals surface area contributed by atoms with Gasteiger partial charge < -0.3 is 9.84 Å². The fraction of sp³-hybridized carbons (Fsp3) is 0.235. The zero-order valence-corrected chi connectivity index (χ0v) is 14.1. The van der Waals surface area contributed by atoms with Gasteiger partial charge in [0.2, 0.25) is 5.52 Å². The average Bonchev–Trinajstić information content (AvgIpc) is 2.56. The molecule has 0 aliphatic carbocycles. The second kappa shape index (κ2) is 7.51. The Labute approximate surface area is 137 Å². The molecule has 0 spiro atoms. The van der Waals surface area contributed by atoms with Crippen LogP contribution in [0.3, 0.4) is 0 Å². The number of halogens is 2. The molecule has 3 rings (SSSR count). The molecule has 116 valence electrons. The van der Waals surface area contributed by atoms with Gasteiger partial charge in [-0.05, 0) is 36.2 Å². The fourth-order valence-electron chi connectivity index (χ4n) is 2.52. The van der Waals surface area contributed by atoms with Gasteiger partial charge in [0.25, 0.3) is 0 Å². The van der Waals surface area contributed by atoms with E-state index in [9.17, 15) is 9.50 Å². The van der Waals surface area contributed by atoms with E-state index in [0.29, 0.717) is 6.54 Å². The van der Waals surface area contributed by atoms with Gasteiger partial charge in [0.15, 0.2) is 12.7 Å². The molecule has 0 saturated carbocycles. The largest absolute Gasteiger partial charge is 0.497 e. The van der Waals surface area contributed by atoms with Crippen molar-refractivity contribution in [3.8, 4) is 5.75 Å². The van der Waals surface area contributed by atoms with Gasteiger partial charge in [0.05, 0.1) is 17.9 Å². The lowest BCUT2D eigenvalue weighted by molar-refractivity contribution is -0.671. The molecule has 5 heteroatoms. The van der Waals surface area contributed by atoms with Gasteiger partial charge >= 0.3 is 0 Å². The van der Waals surface area contributed by atoms with E-state index in [-0.39, 0.29) is 12.4 Å². The van der Waals surface area contributed by atoms with Crippen molar-refractivity contribution < 1.29 is 18.8 Å². The highest BCUT2D eigenvalue weighted by Gasteiger charge is 2.14. The third-order valence-electron chi connectivity index (χ3n) is 3.45. The molecule has 22 heavy (non-hydrogen) atoms. The van der Waals surface area contributed by atoms with Gasteiger partial charge in [-0.3, -0.25) is 0 Å². The number of fused-ring (bicyclic) bond motifs is 3. The number of rotatable bonds is 3. The molecule has 0 unspecified atom stereocenters. The Morgan fingerprint density at radius 3 is 2.59 bits per heavy atom. The van der Waals surface area contributed by atoms with Crippen LogP contribution in [0.4, 0.5) is 4.39 Å².